The molecule has 7 heteroatoms. The molecule has 0 saturated carbocycles. The number of nitrogens with two attached hydrogens (primary N) is 1. The van der Waals surface area contributed by atoms with Crippen molar-refractivity contribution in [2.24, 2.45) is 5.73 Å². The van der Waals surface area contributed by atoms with Crippen LogP contribution >= 0.6 is 0 Å². The first kappa shape index (κ1) is 18.9. The summed E-state index contributed by atoms with van der Waals surface area (Å²) in [4.78, 5) is 13.5. The van der Waals surface area contributed by atoms with Crippen molar-refractivity contribution in [2.45, 2.75) is 44.0 Å². The molecule has 2 N–H and O–H groups in total. The summed E-state index contributed by atoms with van der Waals surface area (Å²) in [6.45, 7) is 7.74. The maximum Gasteiger partial charge on any atom is 0.243 e. The van der Waals surface area contributed by atoms with E-state index in [0.717, 1.165) is 12.0 Å². The van der Waals surface area contributed by atoms with Gasteiger partial charge in [-0.25, -0.2) is 8.42 Å². The summed E-state index contributed by atoms with van der Waals surface area (Å²) < 4.78 is 27.0. The molecule has 0 spiro atoms. The Bertz CT molecular complexity index is 665. The van der Waals surface area contributed by atoms with Gasteiger partial charge in [0.25, 0.3) is 0 Å². The fourth-order valence-electron chi connectivity index (χ4n) is 2.86. The zero-order valence-electron chi connectivity index (χ0n) is 14.6. The van der Waals surface area contributed by atoms with Crippen LogP contribution in [0.3, 0.4) is 0 Å². The molecule has 24 heavy (non-hydrogen) atoms. The Kier molecular flexibility index (Phi) is 6.01. The van der Waals surface area contributed by atoms with E-state index in [4.69, 9.17) is 5.73 Å². The van der Waals surface area contributed by atoms with Gasteiger partial charge in [-0.15, -0.1) is 0 Å². The third-order valence-corrected chi connectivity index (χ3v) is 6.84. The average Bonchev–Trinajstić information content (AvgIpc) is 2.60. The highest BCUT2D eigenvalue weighted by molar-refractivity contribution is 7.89. The highest BCUT2D eigenvalue weighted by Gasteiger charge is 2.31. The second-order valence-electron chi connectivity index (χ2n) is 6.40. The minimum atomic E-state index is -3.49. The van der Waals surface area contributed by atoms with E-state index in [0.29, 0.717) is 37.0 Å². The quantitative estimate of drug-likeness (QED) is 0.837. The van der Waals surface area contributed by atoms with Crippen molar-refractivity contribution >= 4 is 15.9 Å². The van der Waals surface area contributed by atoms with E-state index in [1.165, 1.54) is 4.31 Å². The van der Waals surface area contributed by atoms with Crippen molar-refractivity contribution in [3.05, 3.63) is 29.8 Å². The lowest BCUT2D eigenvalue weighted by atomic mass is 9.99. The average molecular weight is 353 g/mol. The third-order valence-electron chi connectivity index (χ3n) is 4.93. The standard InChI is InChI=1S/C17H27N3O3S/c1-4-13(2)15-5-7-16(8-6-15)24(22,23)20-11-9-19(10-12-20)14(3)17(18)21/h5-8,13-14H,4,9-12H2,1-3H3,(H2,18,21)/t13-,14+/m1/s1. The summed E-state index contributed by atoms with van der Waals surface area (Å²) in [5.41, 5.74) is 6.47. The van der Waals surface area contributed by atoms with Gasteiger partial charge in [0, 0.05) is 26.2 Å². The van der Waals surface area contributed by atoms with Crippen LogP contribution in [0.15, 0.2) is 29.2 Å². The number of piperazine rings is 1. The van der Waals surface area contributed by atoms with Crippen molar-refractivity contribution in [3.63, 3.8) is 0 Å². The maximum atomic E-state index is 12.8. The monoisotopic (exact) mass is 353 g/mol. The van der Waals surface area contributed by atoms with Crippen LogP contribution in [0.4, 0.5) is 0 Å². The molecule has 0 bridgehead atoms. The Labute approximate surface area is 144 Å². The van der Waals surface area contributed by atoms with Gasteiger partial charge in [-0.1, -0.05) is 26.0 Å². The smallest absolute Gasteiger partial charge is 0.243 e. The van der Waals surface area contributed by atoms with Crippen LogP contribution in [0.2, 0.25) is 0 Å². The molecular weight excluding hydrogens is 326 g/mol. The highest BCUT2D eigenvalue weighted by Crippen LogP contribution is 2.23. The Morgan fingerprint density at radius 3 is 2.12 bits per heavy atom. The zero-order chi connectivity index (χ0) is 17.9. The van der Waals surface area contributed by atoms with Crippen molar-refractivity contribution in [3.8, 4) is 0 Å². The van der Waals surface area contributed by atoms with Gasteiger partial charge in [0.15, 0.2) is 0 Å². The fraction of sp³-hybridized carbons (Fsp3) is 0.588. The van der Waals surface area contributed by atoms with E-state index >= 15 is 0 Å². The van der Waals surface area contributed by atoms with Crippen LogP contribution < -0.4 is 5.73 Å². The summed E-state index contributed by atoms with van der Waals surface area (Å²) >= 11 is 0. The Morgan fingerprint density at radius 1 is 1.12 bits per heavy atom. The predicted octanol–water partition coefficient (Wildman–Crippen LogP) is 1.38. The van der Waals surface area contributed by atoms with Gasteiger partial charge in [0.2, 0.25) is 15.9 Å². The molecule has 6 nitrogen and oxygen atoms in total. The van der Waals surface area contributed by atoms with Crippen LogP contribution in [0.1, 0.15) is 38.7 Å². The van der Waals surface area contributed by atoms with Crippen molar-refractivity contribution in [1.29, 1.82) is 0 Å². The lowest BCUT2D eigenvalue weighted by Crippen LogP contribution is -2.54. The minimum Gasteiger partial charge on any atom is -0.368 e. The molecule has 2 atom stereocenters. The number of hydrogen-bond donors (Lipinski definition) is 1. The predicted molar refractivity (Wildman–Crippen MR) is 94.1 cm³/mol. The normalized spacial score (nSPS) is 19.8. The van der Waals surface area contributed by atoms with E-state index in [2.05, 4.69) is 13.8 Å². The molecule has 134 valence electrons. The van der Waals surface area contributed by atoms with Gasteiger partial charge < -0.3 is 5.73 Å². The van der Waals surface area contributed by atoms with E-state index in [1.54, 1.807) is 19.1 Å². The summed E-state index contributed by atoms with van der Waals surface area (Å²) in [7, 11) is -3.49. The first-order valence-corrected chi connectivity index (χ1v) is 9.84. The number of amides is 1. The topological polar surface area (TPSA) is 83.7 Å². The molecule has 1 amide bonds. The van der Waals surface area contributed by atoms with Crippen LogP contribution in [-0.2, 0) is 14.8 Å². The van der Waals surface area contributed by atoms with Crippen molar-refractivity contribution in [1.82, 2.24) is 9.21 Å². The Balaban J connectivity index is 2.08. The van der Waals surface area contributed by atoms with Crippen molar-refractivity contribution < 1.29 is 13.2 Å². The highest BCUT2D eigenvalue weighted by atomic mass is 32.2. The Hall–Kier alpha value is -1.44. The molecule has 1 aliphatic heterocycles. The molecule has 0 aliphatic carbocycles. The number of carbonyl (C=O) groups is 1. The number of nitrogens with zero attached hydrogens (tertiary/aromatic N) is 2. The molecule has 1 aromatic carbocycles. The van der Waals surface area contributed by atoms with E-state index < -0.39 is 10.0 Å². The minimum absolute atomic E-state index is 0.325. The molecule has 2 rings (SSSR count). The number of primary amides is 1. The first-order valence-electron chi connectivity index (χ1n) is 8.40. The lowest BCUT2D eigenvalue weighted by Gasteiger charge is -2.36. The summed E-state index contributed by atoms with van der Waals surface area (Å²) in [5.74, 6) is 0.0347. The largest absolute Gasteiger partial charge is 0.368 e. The lowest BCUT2D eigenvalue weighted by molar-refractivity contribution is -0.123. The fourth-order valence-corrected chi connectivity index (χ4v) is 4.29. The molecule has 0 unspecified atom stereocenters. The molecule has 1 saturated heterocycles. The van der Waals surface area contributed by atoms with Gasteiger partial charge in [-0.05, 0) is 37.0 Å². The maximum absolute atomic E-state index is 12.8. The van der Waals surface area contributed by atoms with E-state index in [1.807, 2.05) is 17.0 Å². The summed E-state index contributed by atoms with van der Waals surface area (Å²) in [5, 5.41) is 0. The van der Waals surface area contributed by atoms with Gasteiger partial charge in [0.05, 0.1) is 10.9 Å². The second kappa shape index (κ2) is 7.63. The van der Waals surface area contributed by atoms with E-state index in [9.17, 15) is 13.2 Å². The number of benzene rings is 1. The molecule has 1 aromatic rings. The van der Waals surface area contributed by atoms with Crippen LogP contribution in [0.5, 0.6) is 0 Å². The third kappa shape index (κ3) is 3.96. The van der Waals surface area contributed by atoms with Gasteiger partial charge in [0.1, 0.15) is 0 Å². The summed E-state index contributed by atoms with van der Waals surface area (Å²) in [6, 6.07) is 6.80. The number of carbonyl (C=O) groups excluding carboxylic acids is 1. The number of rotatable bonds is 6. The molecule has 1 heterocycles. The first-order chi connectivity index (χ1) is 11.3. The van der Waals surface area contributed by atoms with Crippen LogP contribution in [-0.4, -0.2) is 55.8 Å². The van der Waals surface area contributed by atoms with Crippen LogP contribution in [0, 0.1) is 0 Å². The molecule has 1 aliphatic rings. The van der Waals surface area contributed by atoms with E-state index in [-0.39, 0.29) is 11.9 Å². The zero-order valence-corrected chi connectivity index (χ0v) is 15.4. The molecule has 0 radical (unpaired) electrons. The number of sulfonamides is 1. The van der Waals surface area contributed by atoms with Crippen LogP contribution in [0.25, 0.3) is 0 Å². The van der Waals surface area contributed by atoms with Crippen molar-refractivity contribution in [2.75, 3.05) is 26.2 Å². The molecular formula is C17H27N3O3S. The SMILES string of the molecule is CC[C@@H](C)c1ccc(S(=O)(=O)N2CCN([C@@H](C)C(N)=O)CC2)cc1. The van der Waals surface area contributed by atoms with Gasteiger partial charge >= 0.3 is 0 Å². The summed E-state index contributed by atoms with van der Waals surface area (Å²) in [6.07, 6.45) is 1.02. The van der Waals surface area contributed by atoms with Gasteiger partial charge in [-0.3, -0.25) is 9.69 Å². The number of hydrogen-bond acceptors (Lipinski definition) is 4. The molecule has 0 aromatic heterocycles. The Morgan fingerprint density at radius 2 is 1.67 bits per heavy atom. The van der Waals surface area contributed by atoms with Gasteiger partial charge in [-0.2, -0.15) is 4.31 Å². The second-order valence-corrected chi connectivity index (χ2v) is 8.33. The molecule has 1 fully saturated rings.